The lowest BCUT2D eigenvalue weighted by molar-refractivity contribution is -0.117. The third-order valence-corrected chi connectivity index (χ3v) is 3.69. The molecule has 1 aliphatic rings. The van der Waals surface area contributed by atoms with E-state index in [4.69, 9.17) is 9.84 Å². The summed E-state index contributed by atoms with van der Waals surface area (Å²) in [5.74, 6) is 0.516. The van der Waals surface area contributed by atoms with Crippen LogP contribution in [0.1, 0.15) is 10.4 Å². The fourth-order valence-electron chi connectivity index (χ4n) is 1.72. The zero-order valence-electron chi connectivity index (χ0n) is 10.3. The second kappa shape index (κ2) is 5.94. The molecule has 0 bridgehead atoms. The normalized spacial score (nSPS) is 18.1. The molecule has 1 heterocycles. The zero-order valence-corrected chi connectivity index (χ0v) is 11.1. The first-order valence-electron chi connectivity index (χ1n) is 5.65. The standard InChI is InChI=1S/C12H14N2O4S/c1-18-7-2-3-9(8(4-7)12(16)17)14-11(15)10-5-19-6-13-10/h2-4,10,13H,5-6H2,1H3,(H,14,15)(H,16,17). The SMILES string of the molecule is COc1ccc(NC(=O)C2CSCN2)c(C(=O)O)c1. The number of carboxylic acid groups (broad SMARTS) is 1. The molecule has 0 aromatic heterocycles. The van der Waals surface area contributed by atoms with Crippen molar-refractivity contribution in [1.82, 2.24) is 5.32 Å². The topological polar surface area (TPSA) is 87.7 Å². The lowest BCUT2D eigenvalue weighted by Gasteiger charge is -2.13. The Bertz CT molecular complexity index is 501. The van der Waals surface area contributed by atoms with Crippen LogP contribution in [0.3, 0.4) is 0 Å². The van der Waals surface area contributed by atoms with Crippen LogP contribution in [0.2, 0.25) is 0 Å². The molecule has 1 saturated heterocycles. The molecule has 1 aromatic carbocycles. The fraction of sp³-hybridized carbons (Fsp3) is 0.333. The van der Waals surface area contributed by atoms with Crippen molar-refractivity contribution in [1.29, 1.82) is 0 Å². The van der Waals surface area contributed by atoms with Crippen LogP contribution in [0.15, 0.2) is 18.2 Å². The van der Waals surface area contributed by atoms with Crippen LogP contribution in [-0.4, -0.2) is 41.8 Å². The Kier molecular flexibility index (Phi) is 4.28. The van der Waals surface area contributed by atoms with Gasteiger partial charge >= 0.3 is 5.97 Å². The Morgan fingerprint density at radius 3 is 2.89 bits per heavy atom. The van der Waals surface area contributed by atoms with E-state index >= 15 is 0 Å². The first-order valence-corrected chi connectivity index (χ1v) is 6.80. The second-order valence-corrected chi connectivity index (χ2v) is 5.01. The molecular formula is C12H14N2O4S. The van der Waals surface area contributed by atoms with E-state index in [1.807, 2.05) is 0 Å². The molecule has 1 aliphatic heterocycles. The maximum Gasteiger partial charge on any atom is 0.337 e. The van der Waals surface area contributed by atoms with Gasteiger partial charge in [-0.05, 0) is 18.2 Å². The van der Waals surface area contributed by atoms with Crippen LogP contribution < -0.4 is 15.4 Å². The van der Waals surface area contributed by atoms with Crippen molar-refractivity contribution < 1.29 is 19.4 Å². The highest BCUT2D eigenvalue weighted by atomic mass is 32.2. The lowest BCUT2D eigenvalue weighted by Crippen LogP contribution is -2.37. The minimum Gasteiger partial charge on any atom is -0.497 e. The second-order valence-electron chi connectivity index (χ2n) is 3.98. The average Bonchev–Trinajstić information content (AvgIpc) is 2.92. The summed E-state index contributed by atoms with van der Waals surface area (Å²) in [5.41, 5.74) is 0.287. The van der Waals surface area contributed by atoms with E-state index in [-0.39, 0.29) is 23.2 Å². The van der Waals surface area contributed by atoms with Crippen LogP contribution >= 0.6 is 11.8 Å². The van der Waals surface area contributed by atoms with E-state index in [1.54, 1.807) is 17.8 Å². The third-order valence-electron chi connectivity index (χ3n) is 2.75. The molecule has 3 N–H and O–H groups in total. The predicted molar refractivity (Wildman–Crippen MR) is 72.8 cm³/mol. The van der Waals surface area contributed by atoms with E-state index in [0.29, 0.717) is 11.5 Å². The number of hydrogen-bond acceptors (Lipinski definition) is 5. The number of hydrogen-bond donors (Lipinski definition) is 3. The van der Waals surface area contributed by atoms with Crippen molar-refractivity contribution in [3.8, 4) is 5.75 Å². The fourth-order valence-corrected chi connectivity index (χ4v) is 2.66. The predicted octanol–water partition coefficient (Wildman–Crippen LogP) is 0.994. The van der Waals surface area contributed by atoms with Gasteiger partial charge in [0, 0.05) is 11.6 Å². The van der Waals surface area contributed by atoms with E-state index < -0.39 is 5.97 Å². The van der Waals surface area contributed by atoms with Gasteiger partial charge in [0.2, 0.25) is 5.91 Å². The van der Waals surface area contributed by atoms with Crippen molar-refractivity contribution in [2.24, 2.45) is 0 Å². The number of thioether (sulfide) groups is 1. The van der Waals surface area contributed by atoms with Crippen LogP contribution in [-0.2, 0) is 4.79 Å². The molecule has 1 fully saturated rings. The summed E-state index contributed by atoms with van der Waals surface area (Å²) in [7, 11) is 1.46. The molecule has 1 aromatic rings. The van der Waals surface area contributed by atoms with E-state index in [1.165, 1.54) is 19.2 Å². The third kappa shape index (κ3) is 3.18. The summed E-state index contributed by atoms with van der Waals surface area (Å²) in [4.78, 5) is 23.1. The number of methoxy groups -OCH3 is 1. The van der Waals surface area contributed by atoms with E-state index in [2.05, 4.69) is 10.6 Å². The number of carbonyl (C=O) groups is 2. The van der Waals surface area contributed by atoms with Gasteiger partial charge < -0.3 is 15.2 Å². The minimum atomic E-state index is -1.11. The molecule has 6 nitrogen and oxygen atoms in total. The summed E-state index contributed by atoms with van der Waals surface area (Å²) < 4.78 is 4.97. The number of carbonyl (C=O) groups excluding carboxylic acids is 1. The van der Waals surface area contributed by atoms with Crippen molar-refractivity contribution in [2.45, 2.75) is 6.04 Å². The Labute approximate surface area is 114 Å². The maximum absolute atomic E-state index is 11.9. The number of amides is 1. The molecule has 19 heavy (non-hydrogen) atoms. The maximum atomic E-state index is 11.9. The Hall–Kier alpha value is -1.73. The molecule has 0 aliphatic carbocycles. The first kappa shape index (κ1) is 13.7. The van der Waals surface area contributed by atoms with Crippen LogP contribution in [0.25, 0.3) is 0 Å². The van der Waals surface area contributed by atoms with E-state index in [9.17, 15) is 9.59 Å². The molecule has 1 amide bonds. The first-order chi connectivity index (χ1) is 9.11. The molecule has 0 saturated carbocycles. The Morgan fingerprint density at radius 2 is 2.32 bits per heavy atom. The molecule has 7 heteroatoms. The summed E-state index contributed by atoms with van der Waals surface area (Å²) in [6.45, 7) is 0. The van der Waals surface area contributed by atoms with Crippen LogP contribution in [0.4, 0.5) is 5.69 Å². The monoisotopic (exact) mass is 282 g/mol. The highest BCUT2D eigenvalue weighted by Gasteiger charge is 2.24. The van der Waals surface area contributed by atoms with Crippen LogP contribution in [0, 0.1) is 0 Å². The highest BCUT2D eigenvalue weighted by molar-refractivity contribution is 7.99. The highest BCUT2D eigenvalue weighted by Crippen LogP contribution is 2.23. The number of carboxylic acids is 1. The van der Waals surface area contributed by atoms with Gasteiger partial charge in [0.25, 0.3) is 0 Å². The largest absolute Gasteiger partial charge is 0.497 e. The van der Waals surface area contributed by atoms with Gasteiger partial charge in [-0.1, -0.05) is 0 Å². The number of anilines is 1. The summed E-state index contributed by atoms with van der Waals surface area (Å²) >= 11 is 1.63. The summed E-state index contributed by atoms with van der Waals surface area (Å²) in [6, 6.07) is 4.24. The molecule has 0 spiro atoms. The van der Waals surface area contributed by atoms with Gasteiger partial charge in [-0.3, -0.25) is 10.1 Å². The molecule has 1 atom stereocenters. The van der Waals surface area contributed by atoms with Crippen molar-refractivity contribution in [2.75, 3.05) is 24.1 Å². The number of ether oxygens (including phenoxy) is 1. The smallest absolute Gasteiger partial charge is 0.337 e. The van der Waals surface area contributed by atoms with Crippen molar-refractivity contribution in [3.05, 3.63) is 23.8 Å². The van der Waals surface area contributed by atoms with Gasteiger partial charge in [0.1, 0.15) is 5.75 Å². The van der Waals surface area contributed by atoms with Gasteiger partial charge in [-0.2, -0.15) is 0 Å². The van der Waals surface area contributed by atoms with Gasteiger partial charge in [-0.25, -0.2) is 4.79 Å². The summed E-state index contributed by atoms with van der Waals surface area (Å²) in [6.07, 6.45) is 0. The van der Waals surface area contributed by atoms with Crippen LogP contribution in [0.5, 0.6) is 5.75 Å². The van der Waals surface area contributed by atoms with Gasteiger partial charge in [-0.15, -0.1) is 11.8 Å². The van der Waals surface area contributed by atoms with E-state index in [0.717, 1.165) is 5.88 Å². The number of aromatic carboxylic acids is 1. The zero-order chi connectivity index (χ0) is 13.8. The Balaban J connectivity index is 2.19. The number of nitrogens with one attached hydrogen (secondary N) is 2. The average molecular weight is 282 g/mol. The molecule has 102 valence electrons. The number of rotatable bonds is 4. The van der Waals surface area contributed by atoms with Gasteiger partial charge in [0.05, 0.1) is 24.4 Å². The lowest BCUT2D eigenvalue weighted by atomic mass is 10.1. The number of benzene rings is 1. The Morgan fingerprint density at radius 1 is 1.53 bits per heavy atom. The molecular weight excluding hydrogens is 268 g/mol. The minimum absolute atomic E-state index is 0.0124. The molecule has 1 unspecified atom stereocenters. The van der Waals surface area contributed by atoms with Crippen molar-refractivity contribution in [3.63, 3.8) is 0 Å². The van der Waals surface area contributed by atoms with Crippen molar-refractivity contribution >= 4 is 29.3 Å². The molecule has 2 rings (SSSR count). The summed E-state index contributed by atoms with van der Waals surface area (Å²) in [5, 5.41) is 14.8. The van der Waals surface area contributed by atoms with Gasteiger partial charge in [0.15, 0.2) is 0 Å². The quantitative estimate of drug-likeness (QED) is 0.763. The molecule has 0 radical (unpaired) electrons.